The van der Waals surface area contributed by atoms with Crippen LogP contribution in [-0.2, 0) is 12.0 Å². The molecule has 9 nitrogen and oxygen atoms in total. The first-order valence-electron chi connectivity index (χ1n) is 9.78. The van der Waals surface area contributed by atoms with E-state index in [4.69, 9.17) is 16.5 Å². The largest absolute Gasteiger partial charge is 0.393 e. The minimum Gasteiger partial charge on any atom is -0.393 e. The van der Waals surface area contributed by atoms with Crippen LogP contribution in [0.2, 0.25) is 0 Å². The third kappa shape index (κ3) is 4.15. The SMILES string of the molecule is CCCCc1cc(N2CCC(NC)C2)nc(C2(N)C=CC(N)=C([N+](=O)[O-])C2)n1. The van der Waals surface area contributed by atoms with Gasteiger partial charge in [-0.15, -0.1) is 0 Å². The van der Waals surface area contributed by atoms with Crippen LogP contribution in [0.4, 0.5) is 5.82 Å². The lowest BCUT2D eigenvalue weighted by molar-refractivity contribution is -0.430. The molecule has 0 spiro atoms. The fourth-order valence-electron chi connectivity index (χ4n) is 3.64. The van der Waals surface area contributed by atoms with Crippen LogP contribution in [-0.4, -0.2) is 41.1 Å². The summed E-state index contributed by atoms with van der Waals surface area (Å²) in [7, 11) is 1.96. The number of nitro groups is 1. The number of nitrogens with zero attached hydrogens (tertiary/aromatic N) is 4. The van der Waals surface area contributed by atoms with Gasteiger partial charge >= 0.3 is 0 Å². The Balaban J connectivity index is 1.97. The van der Waals surface area contributed by atoms with Gasteiger partial charge in [-0.25, -0.2) is 9.97 Å². The summed E-state index contributed by atoms with van der Waals surface area (Å²) in [5, 5.41) is 14.7. The Morgan fingerprint density at radius 2 is 2.25 bits per heavy atom. The second-order valence-electron chi connectivity index (χ2n) is 7.57. The summed E-state index contributed by atoms with van der Waals surface area (Å²) in [6, 6.07) is 2.44. The van der Waals surface area contributed by atoms with Crippen molar-refractivity contribution in [2.75, 3.05) is 25.0 Å². The van der Waals surface area contributed by atoms with E-state index in [-0.39, 0.29) is 17.8 Å². The maximum atomic E-state index is 11.4. The Labute approximate surface area is 165 Å². The Morgan fingerprint density at radius 3 is 2.89 bits per heavy atom. The molecule has 2 aliphatic rings. The van der Waals surface area contributed by atoms with Gasteiger partial charge in [0.15, 0.2) is 5.82 Å². The second kappa shape index (κ2) is 8.24. The van der Waals surface area contributed by atoms with Crippen molar-refractivity contribution < 1.29 is 4.92 Å². The molecule has 1 aliphatic carbocycles. The number of likely N-dealkylation sites (N-methyl/N-ethyl adjacent to an activating group) is 1. The molecule has 2 heterocycles. The fourth-order valence-corrected chi connectivity index (χ4v) is 3.64. The van der Waals surface area contributed by atoms with Gasteiger partial charge in [0.1, 0.15) is 17.1 Å². The number of anilines is 1. The fraction of sp³-hybridized carbons (Fsp3) is 0.579. The average molecular weight is 387 g/mol. The standard InChI is InChI=1S/C19H29N7O2/c1-3-4-5-13-10-17(25-9-7-14(12-25)22-2)24-18(23-13)19(21)8-6-15(20)16(11-19)26(27)28/h6,8,10,14,22H,3-5,7,9,11-12,20-21H2,1-2H3. The number of nitrogens with two attached hydrogens (primary N) is 2. The van der Waals surface area contributed by atoms with E-state index >= 15 is 0 Å². The van der Waals surface area contributed by atoms with Gasteiger partial charge in [-0.1, -0.05) is 19.4 Å². The summed E-state index contributed by atoms with van der Waals surface area (Å²) in [4.78, 5) is 22.5. The van der Waals surface area contributed by atoms with Gasteiger partial charge in [0.05, 0.1) is 11.3 Å². The minimum absolute atomic E-state index is 0.0296. The predicted molar refractivity (Wildman–Crippen MR) is 108 cm³/mol. The zero-order chi connectivity index (χ0) is 20.3. The van der Waals surface area contributed by atoms with Crippen LogP contribution < -0.4 is 21.7 Å². The Kier molecular flexibility index (Phi) is 5.95. The van der Waals surface area contributed by atoms with E-state index in [1.807, 2.05) is 13.1 Å². The average Bonchev–Trinajstić information content (AvgIpc) is 3.17. The lowest BCUT2D eigenvalue weighted by Gasteiger charge is -2.28. The first-order chi connectivity index (χ1) is 13.4. The van der Waals surface area contributed by atoms with Crippen molar-refractivity contribution in [3.63, 3.8) is 0 Å². The minimum atomic E-state index is -1.15. The monoisotopic (exact) mass is 387 g/mol. The van der Waals surface area contributed by atoms with Crippen LogP contribution in [0.1, 0.15) is 44.1 Å². The molecule has 1 aromatic heterocycles. The van der Waals surface area contributed by atoms with Crippen LogP contribution in [0.15, 0.2) is 29.6 Å². The Morgan fingerprint density at radius 1 is 1.46 bits per heavy atom. The second-order valence-corrected chi connectivity index (χ2v) is 7.57. The maximum Gasteiger partial charge on any atom is 0.271 e. The van der Waals surface area contributed by atoms with Gasteiger partial charge in [0.2, 0.25) is 0 Å². The molecule has 1 aliphatic heterocycles. The number of rotatable bonds is 7. The molecule has 0 aromatic carbocycles. The van der Waals surface area contributed by atoms with Crippen molar-refractivity contribution >= 4 is 5.82 Å². The van der Waals surface area contributed by atoms with E-state index < -0.39 is 10.5 Å². The highest BCUT2D eigenvalue weighted by Crippen LogP contribution is 2.32. The molecule has 0 radical (unpaired) electrons. The lowest BCUT2D eigenvalue weighted by atomic mass is 9.88. The zero-order valence-electron chi connectivity index (χ0n) is 16.5. The first kappa shape index (κ1) is 20.2. The van der Waals surface area contributed by atoms with E-state index in [1.165, 1.54) is 6.08 Å². The van der Waals surface area contributed by atoms with Crippen molar-refractivity contribution in [1.82, 2.24) is 15.3 Å². The van der Waals surface area contributed by atoms with Crippen molar-refractivity contribution in [1.29, 1.82) is 0 Å². The molecule has 152 valence electrons. The third-order valence-electron chi connectivity index (χ3n) is 5.46. The molecule has 0 amide bonds. The molecule has 1 saturated heterocycles. The summed E-state index contributed by atoms with van der Waals surface area (Å²) >= 11 is 0. The molecule has 1 fully saturated rings. The van der Waals surface area contributed by atoms with Crippen LogP contribution in [0.25, 0.3) is 0 Å². The summed E-state index contributed by atoms with van der Waals surface area (Å²) < 4.78 is 0. The number of aromatic nitrogens is 2. The predicted octanol–water partition coefficient (Wildman–Crippen LogP) is 1.18. The van der Waals surface area contributed by atoms with Crippen molar-refractivity contribution in [3.8, 4) is 0 Å². The molecule has 28 heavy (non-hydrogen) atoms. The van der Waals surface area contributed by atoms with E-state index in [2.05, 4.69) is 22.1 Å². The van der Waals surface area contributed by atoms with E-state index in [0.717, 1.165) is 50.3 Å². The smallest absolute Gasteiger partial charge is 0.271 e. The topological polar surface area (TPSA) is 136 Å². The van der Waals surface area contributed by atoms with Gasteiger partial charge < -0.3 is 21.7 Å². The molecule has 2 atom stereocenters. The highest BCUT2D eigenvalue weighted by molar-refractivity contribution is 5.44. The summed E-state index contributed by atoms with van der Waals surface area (Å²) in [5.74, 6) is 1.24. The quantitative estimate of drug-likeness (QED) is 0.469. The van der Waals surface area contributed by atoms with Crippen LogP contribution in [0, 0.1) is 10.1 Å². The van der Waals surface area contributed by atoms with E-state index in [9.17, 15) is 10.1 Å². The van der Waals surface area contributed by atoms with E-state index in [0.29, 0.717) is 11.9 Å². The van der Waals surface area contributed by atoms with Gasteiger partial charge in [-0.05, 0) is 32.4 Å². The summed E-state index contributed by atoms with van der Waals surface area (Å²) in [5.41, 5.74) is 12.1. The zero-order valence-corrected chi connectivity index (χ0v) is 16.5. The number of aryl methyl sites for hydroxylation is 1. The van der Waals surface area contributed by atoms with Gasteiger partial charge in [0.25, 0.3) is 5.70 Å². The highest BCUT2D eigenvalue weighted by Gasteiger charge is 2.38. The third-order valence-corrected chi connectivity index (χ3v) is 5.46. The van der Waals surface area contributed by atoms with Crippen molar-refractivity contribution in [3.05, 3.63) is 51.2 Å². The van der Waals surface area contributed by atoms with E-state index in [1.54, 1.807) is 6.08 Å². The van der Waals surface area contributed by atoms with Gasteiger partial charge in [-0.2, -0.15) is 0 Å². The number of nitrogens with one attached hydrogen (secondary N) is 1. The Bertz CT molecular complexity index is 807. The highest BCUT2D eigenvalue weighted by atomic mass is 16.6. The molecule has 2 unspecified atom stereocenters. The molecular weight excluding hydrogens is 358 g/mol. The first-order valence-corrected chi connectivity index (χ1v) is 9.78. The van der Waals surface area contributed by atoms with Gasteiger partial charge in [0, 0.05) is 30.9 Å². The molecule has 5 N–H and O–H groups in total. The molecule has 0 bridgehead atoms. The van der Waals surface area contributed by atoms with Crippen LogP contribution in [0.5, 0.6) is 0 Å². The van der Waals surface area contributed by atoms with Crippen LogP contribution >= 0.6 is 0 Å². The normalized spacial score (nSPS) is 24.8. The van der Waals surface area contributed by atoms with Gasteiger partial charge in [-0.3, -0.25) is 10.1 Å². The lowest BCUT2D eigenvalue weighted by Crippen LogP contribution is -2.41. The number of hydrogen-bond acceptors (Lipinski definition) is 8. The Hall–Kier alpha value is -2.52. The number of hydrogen-bond donors (Lipinski definition) is 3. The van der Waals surface area contributed by atoms with Crippen LogP contribution in [0.3, 0.4) is 0 Å². The molecule has 3 rings (SSSR count). The summed E-state index contributed by atoms with van der Waals surface area (Å²) in [6.45, 7) is 3.89. The number of unbranched alkanes of at least 4 members (excludes halogenated alkanes) is 1. The molecular formula is C19H29N7O2. The maximum absolute atomic E-state index is 11.4. The molecule has 0 saturated carbocycles. The summed E-state index contributed by atoms with van der Waals surface area (Å²) in [6.07, 6.45) is 7.07. The molecule has 1 aromatic rings. The van der Waals surface area contributed by atoms with Crippen molar-refractivity contribution in [2.45, 2.75) is 50.6 Å². The van der Waals surface area contributed by atoms with Crippen molar-refractivity contribution in [2.24, 2.45) is 11.5 Å². The number of allylic oxidation sites excluding steroid dienone is 1. The molecule has 9 heteroatoms.